The Labute approximate surface area is 145 Å². The van der Waals surface area contributed by atoms with Gasteiger partial charge in [-0.25, -0.2) is 0 Å². The molecule has 24 heavy (non-hydrogen) atoms. The third-order valence-electron chi connectivity index (χ3n) is 4.20. The molecule has 1 heterocycles. The van der Waals surface area contributed by atoms with Crippen LogP contribution in [0.4, 0.5) is 0 Å². The molecule has 2 rings (SSSR count). The summed E-state index contributed by atoms with van der Waals surface area (Å²) in [5.41, 5.74) is 1.28. The third-order valence-corrected chi connectivity index (χ3v) is 4.20. The van der Waals surface area contributed by atoms with Crippen molar-refractivity contribution >= 4 is 11.9 Å². The van der Waals surface area contributed by atoms with Gasteiger partial charge in [-0.1, -0.05) is 37.3 Å². The number of benzene rings is 1. The molecule has 0 bridgehead atoms. The van der Waals surface area contributed by atoms with E-state index >= 15 is 0 Å². The fourth-order valence-electron chi connectivity index (χ4n) is 2.91. The molecule has 2 N–H and O–H groups in total. The number of hydrogen-bond acceptors (Lipinski definition) is 2. The van der Waals surface area contributed by atoms with E-state index in [1.807, 2.05) is 23.1 Å². The summed E-state index contributed by atoms with van der Waals surface area (Å²) in [6, 6.07) is 10.3. The lowest BCUT2D eigenvalue weighted by Crippen LogP contribution is -2.38. The minimum atomic E-state index is 0.262. The van der Waals surface area contributed by atoms with Crippen molar-refractivity contribution in [3.05, 3.63) is 35.9 Å². The Hall–Kier alpha value is -2.04. The highest BCUT2D eigenvalue weighted by Gasteiger charge is 2.28. The molecule has 1 aliphatic heterocycles. The van der Waals surface area contributed by atoms with Gasteiger partial charge in [0, 0.05) is 45.1 Å². The van der Waals surface area contributed by atoms with Crippen LogP contribution in [0.1, 0.15) is 32.3 Å². The van der Waals surface area contributed by atoms with Crippen LogP contribution in [0.2, 0.25) is 0 Å². The van der Waals surface area contributed by atoms with Crippen LogP contribution in [0, 0.1) is 5.92 Å². The molecule has 1 atom stereocenters. The Balaban J connectivity index is 1.80. The number of aliphatic imine (C=N–C) groups is 1. The molecule has 1 fully saturated rings. The number of carbonyl (C=O) groups is 1. The third kappa shape index (κ3) is 5.87. The molecule has 0 spiro atoms. The highest BCUT2D eigenvalue weighted by molar-refractivity contribution is 5.80. The first-order valence-corrected chi connectivity index (χ1v) is 9.06. The summed E-state index contributed by atoms with van der Waals surface area (Å²) in [5.74, 6) is 1.44. The van der Waals surface area contributed by atoms with Crippen molar-refractivity contribution in [3.63, 3.8) is 0 Å². The van der Waals surface area contributed by atoms with Crippen LogP contribution < -0.4 is 10.6 Å². The smallest absolute Gasteiger partial charge is 0.223 e. The van der Waals surface area contributed by atoms with Crippen molar-refractivity contribution in [2.75, 3.05) is 32.7 Å². The van der Waals surface area contributed by atoms with Crippen molar-refractivity contribution in [3.8, 4) is 0 Å². The number of nitrogens with zero attached hydrogens (tertiary/aromatic N) is 2. The van der Waals surface area contributed by atoms with Gasteiger partial charge < -0.3 is 15.5 Å². The topological polar surface area (TPSA) is 56.7 Å². The van der Waals surface area contributed by atoms with Gasteiger partial charge in [-0.2, -0.15) is 0 Å². The van der Waals surface area contributed by atoms with Gasteiger partial charge >= 0.3 is 0 Å². The molecule has 1 saturated heterocycles. The fourth-order valence-corrected chi connectivity index (χ4v) is 2.91. The zero-order valence-electron chi connectivity index (χ0n) is 14.9. The number of rotatable bonds is 8. The zero-order valence-corrected chi connectivity index (χ0v) is 14.9. The maximum atomic E-state index is 12.2. The second-order valence-electron chi connectivity index (χ2n) is 6.29. The second kappa shape index (κ2) is 9.96. The molecule has 1 amide bonds. The molecule has 0 radical (unpaired) electrons. The number of guanidine groups is 1. The molecule has 0 aliphatic carbocycles. The Kier molecular flexibility index (Phi) is 7.59. The minimum absolute atomic E-state index is 0.262. The lowest BCUT2D eigenvalue weighted by atomic mass is 10.1. The zero-order chi connectivity index (χ0) is 17.2. The monoisotopic (exact) mass is 330 g/mol. The van der Waals surface area contributed by atoms with E-state index in [1.54, 1.807) is 0 Å². The van der Waals surface area contributed by atoms with Crippen molar-refractivity contribution in [1.82, 2.24) is 15.5 Å². The predicted octanol–water partition coefficient (Wildman–Crippen LogP) is 2.04. The van der Waals surface area contributed by atoms with E-state index < -0.39 is 0 Å². The van der Waals surface area contributed by atoms with E-state index in [9.17, 15) is 4.79 Å². The summed E-state index contributed by atoms with van der Waals surface area (Å²) in [6.07, 6.45) is 2.61. The van der Waals surface area contributed by atoms with Crippen LogP contribution in [0.15, 0.2) is 35.3 Å². The van der Waals surface area contributed by atoms with Gasteiger partial charge in [0.2, 0.25) is 5.91 Å². The van der Waals surface area contributed by atoms with Crippen molar-refractivity contribution in [1.29, 1.82) is 0 Å². The normalized spacial score (nSPS) is 18.1. The molecular formula is C19H30N4O. The maximum absolute atomic E-state index is 12.2. The van der Waals surface area contributed by atoms with Gasteiger partial charge in [0.25, 0.3) is 0 Å². The van der Waals surface area contributed by atoms with E-state index in [2.05, 4.69) is 41.6 Å². The summed E-state index contributed by atoms with van der Waals surface area (Å²) in [5, 5.41) is 6.55. The highest BCUT2D eigenvalue weighted by atomic mass is 16.2. The lowest BCUT2D eigenvalue weighted by Gasteiger charge is -2.16. The van der Waals surface area contributed by atoms with Crippen LogP contribution in [0.25, 0.3) is 0 Å². The van der Waals surface area contributed by atoms with E-state index in [4.69, 9.17) is 0 Å². The Morgan fingerprint density at radius 2 is 2.04 bits per heavy atom. The minimum Gasteiger partial charge on any atom is -0.357 e. The molecule has 1 aromatic rings. The molecular weight excluding hydrogens is 300 g/mol. The molecule has 0 saturated carbocycles. The second-order valence-corrected chi connectivity index (χ2v) is 6.29. The van der Waals surface area contributed by atoms with Gasteiger partial charge in [0.05, 0.1) is 0 Å². The van der Waals surface area contributed by atoms with E-state index in [1.165, 1.54) is 5.56 Å². The van der Waals surface area contributed by atoms with Crippen molar-refractivity contribution < 1.29 is 4.79 Å². The van der Waals surface area contributed by atoms with Gasteiger partial charge in [0.15, 0.2) is 5.96 Å². The molecule has 5 nitrogen and oxygen atoms in total. The van der Waals surface area contributed by atoms with Crippen LogP contribution in [-0.4, -0.2) is 49.5 Å². The van der Waals surface area contributed by atoms with Gasteiger partial charge in [-0.15, -0.1) is 0 Å². The summed E-state index contributed by atoms with van der Waals surface area (Å²) in [6.45, 7) is 8.29. The Morgan fingerprint density at radius 1 is 1.25 bits per heavy atom. The molecule has 5 heteroatoms. The summed E-state index contributed by atoms with van der Waals surface area (Å²) in [4.78, 5) is 18.8. The first kappa shape index (κ1) is 18.3. The molecule has 1 aromatic carbocycles. The van der Waals surface area contributed by atoms with Crippen LogP contribution in [0.5, 0.6) is 0 Å². The van der Waals surface area contributed by atoms with Crippen LogP contribution in [0.3, 0.4) is 0 Å². The van der Waals surface area contributed by atoms with Crippen molar-refractivity contribution in [2.24, 2.45) is 10.9 Å². The average molecular weight is 330 g/mol. The standard InChI is InChI=1S/C19H30N4O/c1-3-11-21-19(20-4-2)22-14-17-13-18(24)23(15-17)12-10-16-8-6-5-7-9-16/h5-9,17H,3-4,10-15H2,1-2H3,(H2,20,21,22). The first-order valence-electron chi connectivity index (χ1n) is 9.06. The molecule has 132 valence electrons. The number of nitrogens with one attached hydrogen (secondary N) is 2. The summed E-state index contributed by atoms with van der Waals surface area (Å²) < 4.78 is 0. The van der Waals surface area contributed by atoms with Gasteiger partial charge in [-0.05, 0) is 25.3 Å². The molecule has 1 aliphatic rings. The quantitative estimate of drug-likeness (QED) is 0.566. The van der Waals surface area contributed by atoms with Crippen molar-refractivity contribution in [2.45, 2.75) is 33.1 Å². The predicted molar refractivity (Wildman–Crippen MR) is 99.1 cm³/mol. The largest absolute Gasteiger partial charge is 0.357 e. The number of amides is 1. The highest BCUT2D eigenvalue weighted by Crippen LogP contribution is 2.18. The number of hydrogen-bond donors (Lipinski definition) is 2. The molecule has 0 aromatic heterocycles. The van der Waals surface area contributed by atoms with E-state index in [0.717, 1.165) is 45.0 Å². The van der Waals surface area contributed by atoms with E-state index in [-0.39, 0.29) is 5.91 Å². The lowest BCUT2D eigenvalue weighted by molar-refractivity contribution is -0.127. The van der Waals surface area contributed by atoms with Gasteiger partial charge in [0.1, 0.15) is 0 Å². The Morgan fingerprint density at radius 3 is 2.75 bits per heavy atom. The summed E-state index contributed by atoms with van der Waals surface area (Å²) >= 11 is 0. The SMILES string of the molecule is CCCNC(=NCC1CC(=O)N(CCc2ccccc2)C1)NCC. The van der Waals surface area contributed by atoms with E-state index in [0.29, 0.717) is 18.9 Å². The maximum Gasteiger partial charge on any atom is 0.223 e. The van der Waals surface area contributed by atoms with Crippen LogP contribution in [-0.2, 0) is 11.2 Å². The van der Waals surface area contributed by atoms with Gasteiger partial charge in [-0.3, -0.25) is 9.79 Å². The van der Waals surface area contributed by atoms with Crippen LogP contribution >= 0.6 is 0 Å². The molecule has 1 unspecified atom stereocenters. The fraction of sp³-hybridized carbons (Fsp3) is 0.579. The Bertz CT molecular complexity index is 529. The first-order chi connectivity index (χ1) is 11.7. The average Bonchev–Trinajstić information content (AvgIpc) is 2.96. The summed E-state index contributed by atoms with van der Waals surface area (Å²) in [7, 11) is 0. The number of likely N-dealkylation sites (tertiary alicyclic amines) is 1. The number of carbonyl (C=O) groups excluding carboxylic acids is 1.